The molecule has 0 spiro atoms. The standard InChI is InChI=1S/C10H11F2NO4S/c1-2-17-9(14)7-3-5-8(6-4-7)13-18(15,16)10(11)12/h3-6,10,13H,2H2,1H3. The summed E-state index contributed by atoms with van der Waals surface area (Å²) in [6.45, 7) is 1.85. The minimum Gasteiger partial charge on any atom is -0.462 e. The lowest BCUT2D eigenvalue weighted by Gasteiger charge is -2.07. The fourth-order valence-corrected chi connectivity index (χ4v) is 1.65. The molecule has 0 aliphatic rings. The van der Waals surface area contributed by atoms with E-state index in [1.165, 1.54) is 24.3 Å². The molecule has 0 atom stereocenters. The lowest BCUT2D eigenvalue weighted by molar-refractivity contribution is 0.0526. The highest BCUT2D eigenvalue weighted by Gasteiger charge is 2.23. The first kappa shape index (κ1) is 14.4. The number of hydrogen-bond acceptors (Lipinski definition) is 4. The highest BCUT2D eigenvalue weighted by Crippen LogP contribution is 2.15. The van der Waals surface area contributed by atoms with Gasteiger partial charge in [0.15, 0.2) is 0 Å². The van der Waals surface area contributed by atoms with Crippen molar-refractivity contribution in [3.63, 3.8) is 0 Å². The number of ether oxygens (including phenoxy) is 1. The molecular weight excluding hydrogens is 268 g/mol. The van der Waals surface area contributed by atoms with Crippen molar-refractivity contribution in [2.75, 3.05) is 11.3 Å². The van der Waals surface area contributed by atoms with E-state index in [-0.39, 0.29) is 17.9 Å². The van der Waals surface area contributed by atoms with Crippen molar-refractivity contribution in [2.45, 2.75) is 12.7 Å². The molecule has 0 aromatic heterocycles. The topological polar surface area (TPSA) is 72.5 Å². The summed E-state index contributed by atoms with van der Waals surface area (Å²) in [6.07, 6.45) is 0. The van der Waals surface area contributed by atoms with E-state index >= 15 is 0 Å². The van der Waals surface area contributed by atoms with Gasteiger partial charge in [-0.2, -0.15) is 8.78 Å². The van der Waals surface area contributed by atoms with Gasteiger partial charge in [-0.1, -0.05) is 0 Å². The summed E-state index contributed by atoms with van der Waals surface area (Å²) >= 11 is 0. The second kappa shape index (κ2) is 5.76. The van der Waals surface area contributed by atoms with Crippen LogP contribution in [0.15, 0.2) is 24.3 Å². The van der Waals surface area contributed by atoms with Gasteiger partial charge in [0.25, 0.3) is 10.0 Å². The molecule has 0 saturated carbocycles. The van der Waals surface area contributed by atoms with Crippen LogP contribution in [0.3, 0.4) is 0 Å². The van der Waals surface area contributed by atoms with E-state index in [2.05, 4.69) is 0 Å². The van der Waals surface area contributed by atoms with Crippen molar-refractivity contribution in [3.05, 3.63) is 29.8 Å². The van der Waals surface area contributed by atoms with Gasteiger partial charge in [0, 0.05) is 5.69 Å². The normalized spacial score (nSPS) is 11.3. The molecule has 0 saturated heterocycles. The van der Waals surface area contributed by atoms with Crippen LogP contribution in [0.2, 0.25) is 0 Å². The number of carbonyl (C=O) groups excluding carboxylic acids is 1. The Morgan fingerprint density at radius 1 is 1.33 bits per heavy atom. The second-order valence-electron chi connectivity index (χ2n) is 3.21. The summed E-state index contributed by atoms with van der Waals surface area (Å²) in [5.41, 5.74) is 0.153. The Morgan fingerprint density at radius 2 is 1.89 bits per heavy atom. The van der Waals surface area contributed by atoms with Gasteiger partial charge in [-0.05, 0) is 31.2 Å². The molecule has 0 amide bonds. The number of carbonyl (C=O) groups is 1. The number of rotatable bonds is 5. The van der Waals surface area contributed by atoms with E-state index in [0.29, 0.717) is 0 Å². The lowest BCUT2D eigenvalue weighted by atomic mass is 10.2. The molecule has 1 aromatic rings. The molecule has 100 valence electrons. The molecule has 1 rings (SSSR count). The number of benzene rings is 1. The van der Waals surface area contributed by atoms with Crippen molar-refractivity contribution in [2.24, 2.45) is 0 Å². The lowest BCUT2D eigenvalue weighted by Crippen LogP contribution is -2.20. The first-order valence-electron chi connectivity index (χ1n) is 4.93. The molecular formula is C10H11F2NO4S. The highest BCUT2D eigenvalue weighted by molar-refractivity contribution is 7.93. The van der Waals surface area contributed by atoms with Crippen molar-refractivity contribution < 1.29 is 26.7 Å². The Kier molecular flexibility index (Phi) is 4.60. The van der Waals surface area contributed by atoms with Crippen molar-refractivity contribution in [1.82, 2.24) is 0 Å². The van der Waals surface area contributed by atoms with Crippen LogP contribution >= 0.6 is 0 Å². The quantitative estimate of drug-likeness (QED) is 0.834. The Labute approximate surface area is 103 Å². The zero-order chi connectivity index (χ0) is 13.8. The minimum atomic E-state index is -4.69. The number of sulfonamides is 1. The third kappa shape index (κ3) is 3.66. The van der Waals surface area contributed by atoms with Crippen LogP contribution in [0, 0.1) is 0 Å². The van der Waals surface area contributed by atoms with E-state index in [1.807, 2.05) is 0 Å². The number of anilines is 1. The first-order valence-corrected chi connectivity index (χ1v) is 6.48. The summed E-state index contributed by atoms with van der Waals surface area (Å²) in [7, 11) is -4.69. The summed E-state index contributed by atoms with van der Waals surface area (Å²) < 4.78 is 52.3. The molecule has 0 heterocycles. The molecule has 0 fully saturated rings. The number of hydrogen-bond donors (Lipinski definition) is 1. The third-order valence-electron chi connectivity index (χ3n) is 1.89. The second-order valence-corrected chi connectivity index (χ2v) is 4.86. The van der Waals surface area contributed by atoms with Crippen LogP contribution in [0.5, 0.6) is 0 Å². The molecule has 8 heteroatoms. The summed E-state index contributed by atoms with van der Waals surface area (Å²) in [4.78, 5) is 11.3. The maximum absolute atomic E-state index is 12.1. The third-order valence-corrected chi connectivity index (χ3v) is 2.88. The predicted molar refractivity (Wildman–Crippen MR) is 60.9 cm³/mol. The largest absolute Gasteiger partial charge is 0.462 e. The maximum atomic E-state index is 12.1. The molecule has 0 radical (unpaired) electrons. The molecule has 0 unspecified atom stereocenters. The Morgan fingerprint density at radius 3 is 2.33 bits per heavy atom. The monoisotopic (exact) mass is 279 g/mol. The SMILES string of the molecule is CCOC(=O)c1ccc(NS(=O)(=O)C(F)F)cc1. The van der Waals surface area contributed by atoms with Gasteiger partial charge in [-0.3, -0.25) is 4.72 Å². The van der Waals surface area contributed by atoms with Crippen LogP contribution < -0.4 is 4.72 Å². The summed E-state index contributed by atoms with van der Waals surface area (Å²) in [6, 6.07) is 4.96. The van der Waals surface area contributed by atoms with E-state index in [0.717, 1.165) is 0 Å². The zero-order valence-electron chi connectivity index (χ0n) is 9.39. The van der Waals surface area contributed by atoms with Gasteiger partial charge >= 0.3 is 11.7 Å². The molecule has 5 nitrogen and oxygen atoms in total. The van der Waals surface area contributed by atoms with Crippen molar-refractivity contribution in [1.29, 1.82) is 0 Å². The van der Waals surface area contributed by atoms with Gasteiger partial charge in [0.2, 0.25) is 0 Å². The molecule has 1 aromatic carbocycles. The Bertz CT molecular complexity index is 513. The summed E-state index contributed by atoms with van der Waals surface area (Å²) in [5, 5.41) is 0. The molecule has 18 heavy (non-hydrogen) atoms. The first-order chi connectivity index (χ1) is 8.36. The smallest absolute Gasteiger partial charge is 0.355 e. The minimum absolute atomic E-state index is 0.0525. The fourth-order valence-electron chi connectivity index (χ4n) is 1.10. The number of alkyl halides is 2. The van der Waals surface area contributed by atoms with E-state index < -0.39 is 21.8 Å². The molecule has 0 aliphatic carbocycles. The van der Waals surface area contributed by atoms with Crippen LogP contribution in [-0.2, 0) is 14.8 Å². The van der Waals surface area contributed by atoms with Gasteiger partial charge in [-0.25, -0.2) is 13.2 Å². The average Bonchev–Trinajstić information content (AvgIpc) is 2.29. The molecule has 0 bridgehead atoms. The Balaban J connectivity index is 2.81. The van der Waals surface area contributed by atoms with Crippen LogP contribution in [0.25, 0.3) is 0 Å². The molecule has 0 aliphatic heterocycles. The zero-order valence-corrected chi connectivity index (χ0v) is 10.2. The number of halogens is 2. The van der Waals surface area contributed by atoms with E-state index in [9.17, 15) is 22.0 Å². The number of esters is 1. The average molecular weight is 279 g/mol. The van der Waals surface area contributed by atoms with Crippen LogP contribution in [0.4, 0.5) is 14.5 Å². The summed E-state index contributed by atoms with van der Waals surface area (Å²) in [5.74, 6) is -4.08. The van der Waals surface area contributed by atoms with Gasteiger partial charge in [0.1, 0.15) is 0 Å². The highest BCUT2D eigenvalue weighted by atomic mass is 32.2. The van der Waals surface area contributed by atoms with E-state index in [4.69, 9.17) is 4.74 Å². The van der Waals surface area contributed by atoms with E-state index in [1.54, 1.807) is 11.6 Å². The van der Waals surface area contributed by atoms with Gasteiger partial charge in [0.05, 0.1) is 12.2 Å². The van der Waals surface area contributed by atoms with Crippen molar-refractivity contribution >= 4 is 21.7 Å². The fraction of sp³-hybridized carbons (Fsp3) is 0.300. The predicted octanol–water partition coefficient (Wildman–Crippen LogP) is 1.83. The molecule has 1 N–H and O–H groups in total. The van der Waals surface area contributed by atoms with Gasteiger partial charge < -0.3 is 4.74 Å². The maximum Gasteiger partial charge on any atom is 0.355 e. The Hall–Kier alpha value is -1.70. The van der Waals surface area contributed by atoms with Gasteiger partial charge in [-0.15, -0.1) is 0 Å². The van der Waals surface area contributed by atoms with Crippen molar-refractivity contribution in [3.8, 4) is 0 Å². The van der Waals surface area contributed by atoms with Crippen LogP contribution in [0.1, 0.15) is 17.3 Å². The van der Waals surface area contributed by atoms with Crippen LogP contribution in [-0.4, -0.2) is 26.8 Å². The number of nitrogens with one attached hydrogen (secondary N) is 1.